The molecule has 7 heteroatoms. The lowest BCUT2D eigenvalue weighted by Gasteiger charge is -2.35. The Morgan fingerprint density at radius 3 is 2.77 bits per heavy atom. The van der Waals surface area contributed by atoms with Gasteiger partial charge in [0.2, 0.25) is 17.6 Å². The molecule has 1 aliphatic heterocycles. The smallest absolute Gasteiger partial charge is 0.237 e. The number of likely N-dealkylation sites (tertiary alicyclic amines) is 1. The van der Waals surface area contributed by atoms with E-state index in [-0.39, 0.29) is 29.7 Å². The first kappa shape index (κ1) is 21.2. The van der Waals surface area contributed by atoms with Crippen molar-refractivity contribution in [1.82, 2.24) is 20.4 Å². The Morgan fingerprint density at radius 1 is 1.19 bits per heavy atom. The molecule has 4 rings (SSSR count). The molecule has 1 fully saturated rings. The van der Waals surface area contributed by atoms with Crippen molar-refractivity contribution < 1.29 is 13.7 Å². The fraction of sp³-hybridized carbons (Fsp3) is 0.375. The highest BCUT2D eigenvalue weighted by Gasteiger charge is 2.31. The quantitative estimate of drug-likeness (QED) is 0.641. The number of halogens is 1. The van der Waals surface area contributed by atoms with Crippen molar-refractivity contribution in [2.45, 2.75) is 44.7 Å². The summed E-state index contributed by atoms with van der Waals surface area (Å²) in [5.41, 5.74) is 1.67. The van der Waals surface area contributed by atoms with Crippen LogP contribution in [0.5, 0.6) is 0 Å². The molecule has 2 heterocycles. The Kier molecular flexibility index (Phi) is 6.42. The molecule has 0 radical (unpaired) electrons. The molecule has 162 valence electrons. The summed E-state index contributed by atoms with van der Waals surface area (Å²) in [6.07, 6.45) is 1.85. The first-order valence-corrected chi connectivity index (χ1v) is 10.7. The van der Waals surface area contributed by atoms with E-state index in [1.165, 1.54) is 12.1 Å². The minimum Gasteiger partial charge on any atom is -0.348 e. The zero-order valence-electron chi connectivity index (χ0n) is 17.8. The SMILES string of the molecule is CC(NC(=O)C(C)N1CCCC(c2nc(-c3cccc(F)c3)no2)C1)c1ccccc1. The van der Waals surface area contributed by atoms with E-state index in [2.05, 4.69) is 20.4 Å². The van der Waals surface area contributed by atoms with Gasteiger partial charge in [0.15, 0.2) is 0 Å². The molecular weight excluding hydrogens is 395 g/mol. The van der Waals surface area contributed by atoms with Crippen LogP contribution in [0.4, 0.5) is 4.39 Å². The van der Waals surface area contributed by atoms with Gasteiger partial charge in [0, 0.05) is 12.1 Å². The fourth-order valence-electron chi connectivity index (χ4n) is 4.03. The van der Waals surface area contributed by atoms with Gasteiger partial charge >= 0.3 is 0 Å². The largest absolute Gasteiger partial charge is 0.348 e. The monoisotopic (exact) mass is 422 g/mol. The molecule has 0 spiro atoms. The molecule has 0 aliphatic carbocycles. The van der Waals surface area contributed by atoms with Gasteiger partial charge < -0.3 is 9.84 Å². The summed E-state index contributed by atoms with van der Waals surface area (Å²) in [5.74, 6) is 0.633. The third-order valence-corrected chi connectivity index (χ3v) is 5.91. The molecule has 1 amide bonds. The Bertz CT molecular complexity index is 1020. The lowest BCUT2D eigenvalue weighted by molar-refractivity contribution is -0.127. The zero-order valence-corrected chi connectivity index (χ0v) is 17.8. The summed E-state index contributed by atoms with van der Waals surface area (Å²) < 4.78 is 19.0. The molecule has 6 nitrogen and oxygen atoms in total. The number of nitrogens with zero attached hydrogens (tertiary/aromatic N) is 3. The van der Waals surface area contributed by atoms with Crippen molar-refractivity contribution in [2.75, 3.05) is 13.1 Å². The van der Waals surface area contributed by atoms with E-state index in [1.54, 1.807) is 12.1 Å². The third kappa shape index (κ3) is 4.99. The van der Waals surface area contributed by atoms with E-state index < -0.39 is 0 Å². The van der Waals surface area contributed by atoms with Gasteiger partial charge in [-0.15, -0.1) is 0 Å². The van der Waals surface area contributed by atoms with E-state index in [0.717, 1.165) is 24.9 Å². The second-order valence-electron chi connectivity index (χ2n) is 8.12. The number of hydrogen-bond acceptors (Lipinski definition) is 5. The van der Waals surface area contributed by atoms with Gasteiger partial charge in [-0.05, 0) is 50.9 Å². The van der Waals surface area contributed by atoms with Crippen LogP contribution in [-0.2, 0) is 4.79 Å². The molecule has 3 unspecified atom stereocenters. The van der Waals surface area contributed by atoms with E-state index in [4.69, 9.17) is 4.52 Å². The maximum absolute atomic E-state index is 13.5. The Balaban J connectivity index is 1.39. The number of hydrogen-bond donors (Lipinski definition) is 1. The van der Waals surface area contributed by atoms with E-state index in [1.807, 2.05) is 44.2 Å². The third-order valence-electron chi connectivity index (χ3n) is 5.91. The summed E-state index contributed by atoms with van der Waals surface area (Å²) in [4.78, 5) is 19.5. The summed E-state index contributed by atoms with van der Waals surface area (Å²) >= 11 is 0. The number of amides is 1. The molecule has 1 saturated heterocycles. The predicted octanol–water partition coefficient (Wildman–Crippen LogP) is 4.32. The molecular formula is C24H27FN4O2. The molecule has 1 N–H and O–H groups in total. The van der Waals surface area contributed by atoms with Crippen LogP contribution in [0.15, 0.2) is 59.1 Å². The molecule has 1 aliphatic rings. The van der Waals surface area contributed by atoms with Crippen LogP contribution in [0.1, 0.15) is 50.1 Å². The molecule has 3 aromatic rings. The van der Waals surface area contributed by atoms with Gasteiger partial charge in [-0.25, -0.2) is 4.39 Å². The zero-order chi connectivity index (χ0) is 21.8. The van der Waals surface area contributed by atoms with Crippen molar-refractivity contribution in [2.24, 2.45) is 0 Å². The Labute approximate surface area is 181 Å². The summed E-state index contributed by atoms with van der Waals surface area (Å²) in [5, 5.41) is 7.14. The van der Waals surface area contributed by atoms with Gasteiger partial charge in [-0.1, -0.05) is 47.6 Å². The first-order valence-electron chi connectivity index (χ1n) is 10.7. The lowest BCUT2D eigenvalue weighted by atomic mass is 9.96. The first-order chi connectivity index (χ1) is 15.0. The van der Waals surface area contributed by atoms with Crippen LogP contribution in [-0.4, -0.2) is 40.1 Å². The molecule has 31 heavy (non-hydrogen) atoms. The minimum atomic E-state index is -0.336. The highest BCUT2D eigenvalue weighted by Crippen LogP contribution is 2.29. The molecule has 0 saturated carbocycles. The van der Waals surface area contributed by atoms with Crippen molar-refractivity contribution >= 4 is 5.91 Å². The highest BCUT2D eigenvalue weighted by molar-refractivity contribution is 5.81. The van der Waals surface area contributed by atoms with E-state index in [0.29, 0.717) is 23.8 Å². The molecule has 2 aromatic carbocycles. The van der Waals surface area contributed by atoms with Gasteiger partial charge in [0.25, 0.3) is 0 Å². The molecule has 3 atom stereocenters. The fourth-order valence-corrected chi connectivity index (χ4v) is 4.03. The normalized spacial score (nSPS) is 19.0. The predicted molar refractivity (Wildman–Crippen MR) is 116 cm³/mol. The highest BCUT2D eigenvalue weighted by atomic mass is 19.1. The van der Waals surface area contributed by atoms with Crippen molar-refractivity contribution in [3.63, 3.8) is 0 Å². The summed E-state index contributed by atoms with van der Waals surface area (Å²) in [6.45, 7) is 5.43. The van der Waals surface area contributed by atoms with Crippen LogP contribution >= 0.6 is 0 Å². The topological polar surface area (TPSA) is 71.3 Å². The van der Waals surface area contributed by atoms with Gasteiger partial charge in [0.05, 0.1) is 18.0 Å². The number of piperidine rings is 1. The van der Waals surface area contributed by atoms with Crippen molar-refractivity contribution in [1.29, 1.82) is 0 Å². The van der Waals surface area contributed by atoms with Crippen LogP contribution < -0.4 is 5.32 Å². The van der Waals surface area contributed by atoms with E-state index >= 15 is 0 Å². The van der Waals surface area contributed by atoms with Crippen LogP contribution in [0.3, 0.4) is 0 Å². The molecule has 1 aromatic heterocycles. The standard InChI is InChI=1S/C24H27FN4O2/c1-16(18-8-4-3-5-9-18)26-23(30)17(2)29-13-7-11-20(15-29)24-27-22(28-31-24)19-10-6-12-21(25)14-19/h3-6,8-10,12,14,16-17,20H,7,11,13,15H2,1-2H3,(H,26,30). The maximum atomic E-state index is 13.5. The number of carbonyl (C=O) groups is 1. The van der Waals surface area contributed by atoms with Crippen LogP contribution in [0.2, 0.25) is 0 Å². The summed E-state index contributed by atoms with van der Waals surface area (Å²) in [7, 11) is 0. The molecule has 0 bridgehead atoms. The second kappa shape index (κ2) is 9.39. The summed E-state index contributed by atoms with van der Waals surface area (Å²) in [6, 6.07) is 15.8. The Morgan fingerprint density at radius 2 is 2.00 bits per heavy atom. The number of aromatic nitrogens is 2. The van der Waals surface area contributed by atoms with Crippen molar-refractivity contribution in [3.05, 3.63) is 71.9 Å². The van der Waals surface area contributed by atoms with Crippen molar-refractivity contribution in [3.8, 4) is 11.4 Å². The van der Waals surface area contributed by atoms with Crippen LogP contribution in [0, 0.1) is 5.82 Å². The number of benzene rings is 2. The number of nitrogens with one attached hydrogen (secondary N) is 1. The van der Waals surface area contributed by atoms with Gasteiger partial charge in [-0.2, -0.15) is 4.98 Å². The average Bonchev–Trinajstić information content (AvgIpc) is 3.30. The van der Waals surface area contributed by atoms with E-state index in [9.17, 15) is 9.18 Å². The van der Waals surface area contributed by atoms with Gasteiger partial charge in [-0.3, -0.25) is 9.69 Å². The second-order valence-corrected chi connectivity index (χ2v) is 8.12. The number of carbonyl (C=O) groups excluding carboxylic acids is 1. The minimum absolute atomic E-state index is 0.00276. The maximum Gasteiger partial charge on any atom is 0.237 e. The number of rotatable bonds is 6. The Hall–Kier alpha value is -3.06. The average molecular weight is 423 g/mol. The van der Waals surface area contributed by atoms with Gasteiger partial charge in [0.1, 0.15) is 5.82 Å². The lowest BCUT2D eigenvalue weighted by Crippen LogP contribution is -2.49. The van der Waals surface area contributed by atoms with Crippen LogP contribution in [0.25, 0.3) is 11.4 Å².